The van der Waals surface area contributed by atoms with Crippen molar-refractivity contribution in [3.8, 4) is 23.1 Å². The summed E-state index contributed by atoms with van der Waals surface area (Å²) in [5, 5.41) is 20.1. The van der Waals surface area contributed by atoms with Crippen LogP contribution in [0.25, 0.3) is 98.1 Å². The molecular formula is C56H43N5. The number of nitriles is 1. The van der Waals surface area contributed by atoms with Gasteiger partial charge < -0.3 is 13.7 Å². The van der Waals surface area contributed by atoms with Gasteiger partial charge in [-0.05, 0) is 106 Å². The Labute approximate surface area is 354 Å². The van der Waals surface area contributed by atoms with E-state index < -0.39 is 0 Å². The van der Waals surface area contributed by atoms with E-state index in [9.17, 15) is 5.26 Å². The molecule has 8 aromatic carbocycles. The van der Waals surface area contributed by atoms with Gasteiger partial charge in [-0.25, -0.2) is 4.85 Å². The average molecular weight is 786 g/mol. The summed E-state index contributed by atoms with van der Waals surface area (Å²) >= 11 is 0. The zero-order valence-corrected chi connectivity index (χ0v) is 35.2. The van der Waals surface area contributed by atoms with E-state index in [-0.39, 0.29) is 10.8 Å². The number of benzene rings is 8. The third-order valence-electron chi connectivity index (χ3n) is 12.8. The van der Waals surface area contributed by atoms with Gasteiger partial charge in [0.1, 0.15) is 0 Å². The summed E-state index contributed by atoms with van der Waals surface area (Å²) in [4.78, 5) is 4.13. The fourth-order valence-electron chi connectivity index (χ4n) is 9.70. The predicted octanol–water partition coefficient (Wildman–Crippen LogP) is 15.1. The number of hydrogen-bond acceptors (Lipinski definition) is 1. The highest BCUT2D eigenvalue weighted by Gasteiger charge is 2.25. The molecule has 0 fully saturated rings. The van der Waals surface area contributed by atoms with Crippen LogP contribution < -0.4 is 0 Å². The molecule has 0 saturated heterocycles. The zero-order chi connectivity index (χ0) is 41.9. The van der Waals surface area contributed by atoms with Crippen molar-refractivity contribution in [2.45, 2.75) is 52.4 Å². The van der Waals surface area contributed by atoms with E-state index in [0.717, 1.165) is 82.5 Å². The molecule has 11 rings (SSSR count). The Morgan fingerprint density at radius 3 is 1.56 bits per heavy atom. The van der Waals surface area contributed by atoms with Gasteiger partial charge in [-0.3, -0.25) is 0 Å². The fraction of sp³-hybridized carbons (Fsp3) is 0.143. The molecule has 0 saturated carbocycles. The number of nitrogens with zero attached hydrogens (tertiary/aromatic N) is 5. The Kier molecular flexibility index (Phi) is 7.74. The first-order chi connectivity index (χ1) is 29.4. The molecule has 0 amide bonds. The highest BCUT2D eigenvalue weighted by molar-refractivity contribution is 6.22. The Hall–Kier alpha value is -7.60. The lowest BCUT2D eigenvalue weighted by atomic mass is 9.85. The minimum absolute atomic E-state index is 0.0470. The van der Waals surface area contributed by atoms with Crippen molar-refractivity contribution in [1.82, 2.24) is 13.7 Å². The fourth-order valence-corrected chi connectivity index (χ4v) is 9.70. The molecule has 3 heterocycles. The van der Waals surface area contributed by atoms with E-state index in [1.54, 1.807) is 6.07 Å². The van der Waals surface area contributed by atoms with Gasteiger partial charge in [0.15, 0.2) is 0 Å². The third kappa shape index (κ3) is 5.37. The van der Waals surface area contributed by atoms with Crippen LogP contribution >= 0.6 is 0 Å². The second-order valence-corrected chi connectivity index (χ2v) is 18.5. The maximum atomic E-state index is 10.9. The zero-order valence-electron chi connectivity index (χ0n) is 35.2. The van der Waals surface area contributed by atoms with Gasteiger partial charge in [-0.1, -0.05) is 120 Å². The van der Waals surface area contributed by atoms with E-state index in [2.05, 4.69) is 212 Å². The lowest BCUT2D eigenvalue weighted by Crippen LogP contribution is -2.10. The highest BCUT2D eigenvalue weighted by Crippen LogP contribution is 2.44. The summed E-state index contributed by atoms with van der Waals surface area (Å²) in [5.41, 5.74) is 12.2. The first kappa shape index (κ1) is 36.5. The smallest absolute Gasteiger partial charge is 0.212 e. The van der Waals surface area contributed by atoms with Gasteiger partial charge in [-0.15, -0.1) is 0 Å². The van der Waals surface area contributed by atoms with Crippen LogP contribution in [0.1, 0.15) is 58.2 Å². The van der Waals surface area contributed by atoms with Crippen molar-refractivity contribution in [3.05, 3.63) is 180 Å². The number of aromatic nitrogens is 3. The summed E-state index contributed by atoms with van der Waals surface area (Å²) in [6, 6.07) is 56.7. The lowest BCUT2D eigenvalue weighted by molar-refractivity contribution is 0.590. The molecule has 0 aliphatic carbocycles. The third-order valence-corrected chi connectivity index (χ3v) is 12.8. The van der Waals surface area contributed by atoms with Crippen LogP contribution in [0.5, 0.6) is 0 Å². The second-order valence-electron chi connectivity index (χ2n) is 18.5. The molecule has 0 aliphatic heterocycles. The molecule has 0 atom stereocenters. The van der Waals surface area contributed by atoms with Gasteiger partial charge >= 0.3 is 0 Å². The van der Waals surface area contributed by atoms with Gasteiger partial charge in [0.05, 0.1) is 62.7 Å². The quantitative estimate of drug-likeness (QED) is 0.165. The van der Waals surface area contributed by atoms with Crippen LogP contribution in [-0.2, 0) is 10.8 Å². The molecule has 3 aromatic heterocycles. The standard InChI is InChI=1S/C56H43N5/c1-55(2,3)36-21-25-48-42(29-36)43-30-37(56(4,5)6)22-26-49(43)60(48)52-32-53(45(58-7)28-35(52)33-57)61-50-27-23-38(31-44(50)54-39-15-9-8-14-34(39)20-24-51(54)61)59-46-18-12-10-16-40(46)41-17-11-13-19-47(41)59/h8-32H,1-6H3. The van der Waals surface area contributed by atoms with Crippen LogP contribution in [0.2, 0.25) is 0 Å². The minimum Gasteiger partial charge on any atom is -0.319 e. The average Bonchev–Trinajstić information content (AvgIpc) is 3.90. The summed E-state index contributed by atoms with van der Waals surface area (Å²) in [6.07, 6.45) is 0. The Morgan fingerprint density at radius 2 is 0.967 bits per heavy atom. The van der Waals surface area contributed by atoms with E-state index in [4.69, 9.17) is 6.57 Å². The molecule has 0 radical (unpaired) electrons. The molecule has 292 valence electrons. The van der Waals surface area contributed by atoms with Crippen molar-refractivity contribution in [2.75, 3.05) is 0 Å². The summed E-state index contributed by atoms with van der Waals surface area (Å²) < 4.78 is 6.85. The lowest BCUT2D eigenvalue weighted by Gasteiger charge is -2.19. The number of para-hydroxylation sites is 2. The van der Waals surface area contributed by atoms with E-state index in [1.807, 2.05) is 0 Å². The molecule has 0 spiro atoms. The van der Waals surface area contributed by atoms with E-state index in [1.165, 1.54) is 21.9 Å². The maximum Gasteiger partial charge on any atom is 0.212 e. The Balaban J connectivity index is 1.24. The van der Waals surface area contributed by atoms with Crippen molar-refractivity contribution < 1.29 is 0 Å². The molecule has 0 unspecified atom stereocenters. The number of rotatable bonds is 3. The van der Waals surface area contributed by atoms with Crippen molar-refractivity contribution >= 4 is 81.9 Å². The van der Waals surface area contributed by atoms with Crippen molar-refractivity contribution in [3.63, 3.8) is 0 Å². The summed E-state index contributed by atoms with van der Waals surface area (Å²) in [5.74, 6) is 0. The predicted molar refractivity (Wildman–Crippen MR) is 255 cm³/mol. The monoisotopic (exact) mass is 785 g/mol. The first-order valence-corrected chi connectivity index (χ1v) is 20.9. The summed E-state index contributed by atoms with van der Waals surface area (Å²) in [6.45, 7) is 22.0. The molecule has 0 aliphatic rings. The van der Waals surface area contributed by atoms with Crippen LogP contribution in [0, 0.1) is 17.9 Å². The van der Waals surface area contributed by atoms with Crippen LogP contribution in [0.3, 0.4) is 0 Å². The largest absolute Gasteiger partial charge is 0.319 e. The molecule has 61 heavy (non-hydrogen) atoms. The van der Waals surface area contributed by atoms with E-state index >= 15 is 0 Å². The first-order valence-electron chi connectivity index (χ1n) is 20.9. The molecule has 5 heteroatoms. The number of hydrogen-bond donors (Lipinski definition) is 0. The molecule has 5 nitrogen and oxygen atoms in total. The maximum absolute atomic E-state index is 10.9. The normalized spacial score (nSPS) is 12.4. The molecule has 0 N–H and O–H groups in total. The van der Waals surface area contributed by atoms with Crippen molar-refractivity contribution in [1.29, 1.82) is 5.26 Å². The molecule has 0 bridgehead atoms. The van der Waals surface area contributed by atoms with E-state index in [0.29, 0.717) is 11.3 Å². The van der Waals surface area contributed by atoms with Gasteiger partial charge in [0, 0.05) is 38.0 Å². The van der Waals surface area contributed by atoms with Gasteiger partial charge in [0.2, 0.25) is 5.69 Å². The highest BCUT2D eigenvalue weighted by atomic mass is 15.0. The molecule has 11 aromatic rings. The van der Waals surface area contributed by atoms with Crippen LogP contribution in [0.15, 0.2) is 152 Å². The van der Waals surface area contributed by atoms with Crippen molar-refractivity contribution in [2.24, 2.45) is 0 Å². The number of fused-ring (bicyclic) bond motifs is 11. The topological polar surface area (TPSA) is 42.9 Å². The SMILES string of the molecule is [C-]#[N+]c1cc(C#N)c(-n2c3ccc(C(C)(C)C)cc3c3cc(C(C)(C)C)ccc32)cc1-n1c2ccc(-n3c4ccccc4c4ccccc43)cc2c2c3ccccc3ccc21. The molecular weight excluding hydrogens is 743 g/mol. The van der Waals surface area contributed by atoms with Gasteiger partial charge in [-0.2, -0.15) is 5.26 Å². The Bertz CT molecular complexity index is 3620. The minimum atomic E-state index is -0.0470. The van der Waals surface area contributed by atoms with Gasteiger partial charge in [0.25, 0.3) is 0 Å². The van der Waals surface area contributed by atoms with Crippen LogP contribution in [-0.4, -0.2) is 13.7 Å². The second kappa shape index (κ2) is 12.9. The Morgan fingerprint density at radius 1 is 0.459 bits per heavy atom. The summed E-state index contributed by atoms with van der Waals surface area (Å²) in [7, 11) is 0. The van der Waals surface area contributed by atoms with Crippen LogP contribution in [0.4, 0.5) is 5.69 Å².